The van der Waals surface area contributed by atoms with E-state index in [1.165, 1.54) is 43.5 Å². The average Bonchev–Trinajstić information content (AvgIpc) is 3.24. The number of aryl methyl sites for hydroxylation is 1. The molecule has 0 unspecified atom stereocenters. The molecule has 0 saturated carbocycles. The topological polar surface area (TPSA) is 78.5 Å². The summed E-state index contributed by atoms with van der Waals surface area (Å²) in [5.74, 6) is -0.0803. The van der Waals surface area contributed by atoms with Crippen LogP contribution in [0, 0.1) is 6.92 Å². The number of nitrogens with zero attached hydrogens (tertiary/aromatic N) is 1. The van der Waals surface area contributed by atoms with E-state index >= 15 is 0 Å². The van der Waals surface area contributed by atoms with Crippen LogP contribution in [0.5, 0.6) is 5.75 Å². The minimum Gasteiger partial charge on any atom is -0.485 e. The molecule has 1 aromatic carbocycles. The number of benzene rings is 1. The summed E-state index contributed by atoms with van der Waals surface area (Å²) in [5.41, 5.74) is 1.05. The Kier molecular flexibility index (Phi) is 5.49. The molecule has 0 radical (unpaired) electrons. The number of ether oxygens (including phenoxy) is 1. The third kappa shape index (κ3) is 3.63. The highest BCUT2D eigenvalue weighted by Gasteiger charge is 2.27. The third-order valence-electron chi connectivity index (χ3n) is 3.99. The van der Waals surface area contributed by atoms with Crippen molar-refractivity contribution in [1.82, 2.24) is 3.97 Å². The maximum atomic E-state index is 13.1. The van der Waals surface area contributed by atoms with E-state index in [4.69, 9.17) is 20.8 Å². The second-order valence-electron chi connectivity index (χ2n) is 6.09. The molecule has 2 heterocycles. The van der Waals surface area contributed by atoms with E-state index in [2.05, 4.69) is 6.58 Å². The van der Waals surface area contributed by atoms with Gasteiger partial charge in [-0.3, -0.25) is 4.79 Å². The Morgan fingerprint density at radius 2 is 1.96 bits per heavy atom. The van der Waals surface area contributed by atoms with E-state index in [1.54, 1.807) is 12.1 Å². The first-order valence-electron chi connectivity index (χ1n) is 8.33. The number of hydrogen-bond donors (Lipinski definition) is 0. The van der Waals surface area contributed by atoms with Crippen LogP contribution in [-0.4, -0.2) is 24.8 Å². The van der Waals surface area contributed by atoms with Crippen molar-refractivity contribution in [2.24, 2.45) is 0 Å². The van der Waals surface area contributed by atoms with Crippen LogP contribution < -0.4 is 4.74 Å². The van der Waals surface area contributed by atoms with Gasteiger partial charge < -0.3 is 9.15 Å². The van der Waals surface area contributed by atoms with Crippen molar-refractivity contribution in [1.29, 1.82) is 0 Å². The Balaban J connectivity index is 2.15. The standard InChI is InChI=1S/C20H18ClNO5S/c1-4-11-26-18-12-17(27-20(18)14(3)23)19-16(21)9-10-22(19)28(24,25)15-7-5-13(2)6-8-15/h4-10,12H,1,11H2,2-3H3. The first kappa shape index (κ1) is 20.0. The summed E-state index contributed by atoms with van der Waals surface area (Å²) in [6.07, 6.45) is 2.86. The molecule has 0 atom stereocenters. The number of furan rings is 1. The third-order valence-corrected chi connectivity index (χ3v) is 5.98. The molecular weight excluding hydrogens is 402 g/mol. The molecule has 6 nitrogen and oxygen atoms in total. The summed E-state index contributed by atoms with van der Waals surface area (Å²) in [7, 11) is -3.92. The minimum atomic E-state index is -3.92. The van der Waals surface area contributed by atoms with Gasteiger partial charge in [0, 0.05) is 19.2 Å². The van der Waals surface area contributed by atoms with Gasteiger partial charge in [0.1, 0.15) is 12.3 Å². The van der Waals surface area contributed by atoms with Gasteiger partial charge in [-0.15, -0.1) is 0 Å². The smallest absolute Gasteiger partial charge is 0.268 e. The highest BCUT2D eigenvalue weighted by atomic mass is 35.5. The molecule has 0 aliphatic rings. The number of carbonyl (C=O) groups is 1. The van der Waals surface area contributed by atoms with E-state index in [0.717, 1.165) is 9.54 Å². The molecule has 0 aliphatic carbocycles. The van der Waals surface area contributed by atoms with Crippen LogP contribution in [0.2, 0.25) is 5.02 Å². The summed E-state index contributed by atoms with van der Waals surface area (Å²) in [4.78, 5) is 12.0. The molecule has 0 amide bonds. The molecule has 3 rings (SSSR count). The van der Waals surface area contributed by atoms with Gasteiger partial charge in [0.05, 0.1) is 9.92 Å². The number of ketones is 1. The summed E-state index contributed by atoms with van der Waals surface area (Å²) >= 11 is 6.26. The van der Waals surface area contributed by atoms with Gasteiger partial charge in [-0.25, -0.2) is 12.4 Å². The number of carbonyl (C=O) groups excluding carboxylic acids is 1. The lowest BCUT2D eigenvalue weighted by Gasteiger charge is -2.10. The minimum absolute atomic E-state index is 0.0200. The Morgan fingerprint density at radius 3 is 2.57 bits per heavy atom. The largest absolute Gasteiger partial charge is 0.485 e. The Hall–Kier alpha value is -2.77. The van der Waals surface area contributed by atoms with Crippen LogP contribution in [-0.2, 0) is 10.0 Å². The molecule has 8 heteroatoms. The SMILES string of the molecule is C=CCOc1cc(-c2c(Cl)ccn2S(=O)(=O)c2ccc(C)cc2)oc1C(C)=O. The predicted octanol–water partition coefficient (Wildman–Crippen LogP) is 4.71. The van der Waals surface area contributed by atoms with Crippen molar-refractivity contribution in [3.05, 3.63) is 71.6 Å². The summed E-state index contributed by atoms with van der Waals surface area (Å²) in [5, 5.41) is 0.162. The maximum Gasteiger partial charge on any atom is 0.268 e. The predicted molar refractivity (Wildman–Crippen MR) is 107 cm³/mol. The van der Waals surface area contributed by atoms with Gasteiger partial charge in [-0.2, -0.15) is 0 Å². The fourth-order valence-corrected chi connectivity index (χ4v) is 4.28. The molecule has 0 aliphatic heterocycles. The quantitative estimate of drug-likeness (QED) is 0.409. The zero-order chi connectivity index (χ0) is 20.5. The molecule has 28 heavy (non-hydrogen) atoms. The lowest BCUT2D eigenvalue weighted by atomic mass is 10.2. The second-order valence-corrected chi connectivity index (χ2v) is 8.31. The number of aromatic nitrogens is 1. The van der Waals surface area contributed by atoms with E-state index in [-0.39, 0.29) is 45.3 Å². The summed E-state index contributed by atoms with van der Waals surface area (Å²) in [6, 6.07) is 9.35. The highest BCUT2D eigenvalue weighted by molar-refractivity contribution is 7.90. The molecule has 0 spiro atoms. The monoisotopic (exact) mass is 419 g/mol. The summed E-state index contributed by atoms with van der Waals surface area (Å²) < 4.78 is 38.3. The van der Waals surface area contributed by atoms with Crippen LogP contribution in [0.1, 0.15) is 23.0 Å². The fraction of sp³-hybridized carbons (Fsp3) is 0.150. The first-order chi connectivity index (χ1) is 13.3. The van der Waals surface area contributed by atoms with Crippen molar-refractivity contribution in [3.8, 4) is 17.2 Å². The molecule has 0 N–H and O–H groups in total. The lowest BCUT2D eigenvalue weighted by molar-refractivity contribution is 0.0983. The van der Waals surface area contributed by atoms with E-state index in [1.807, 2.05) is 6.92 Å². The normalized spacial score (nSPS) is 11.4. The van der Waals surface area contributed by atoms with Gasteiger partial charge in [0.25, 0.3) is 10.0 Å². The Bertz CT molecular complexity index is 1140. The molecule has 3 aromatic rings. The van der Waals surface area contributed by atoms with E-state index in [0.29, 0.717) is 0 Å². The van der Waals surface area contributed by atoms with Crippen molar-refractivity contribution in [2.45, 2.75) is 18.7 Å². The van der Waals surface area contributed by atoms with Gasteiger partial charge in [-0.1, -0.05) is 42.0 Å². The van der Waals surface area contributed by atoms with Crippen LogP contribution in [0.4, 0.5) is 0 Å². The Labute approximate surface area is 168 Å². The summed E-state index contributed by atoms with van der Waals surface area (Å²) in [6.45, 7) is 6.92. The molecule has 2 aromatic heterocycles. The van der Waals surface area contributed by atoms with Crippen molar-refractivity contribution in [3.63, 3.8) is 0 Å². The average molecular weight is 420 g/mol. The first-order valence-corrected chi connectivity index (χ1v) is 10.2. The van der Waals surface area contributed by atoms with E-state index in [9.17, 15) is 13.2 Å². The van der Waals surface area contributed by atoms with Crippen LogP contribution in [0.15, 0.2) is 64.6 Å². The van der Waals surface area contributed by atoms with Crippen LogP contribution in [0.25, 0.3) is 11.5 Å². The van der Waals surface area contributed by atoms with Gasteiger partial charge in [-0.05, 0) is 25.1 Å². The molecule has 0 saturated heterocycles. The fourth-order valence-electron chi connectivity index (χ4n) is 2.63. The van der Waals surface area contributed by atoms with E-state index < -0.39 is 10.0 Å². The molecule has 146 valence electrons. The number of halogens is 1. The molecular formula is C20H18ClNO5S. The number of Topliss-reactive ketones (excluding diaryl/α,β-unsaturated/α-hetero) is 1. The van der Waals surface area contributed by atoms with Crippen molar-refractivity contribution >= 4 is 27.4 Å². The zero-order valence-electron chi connectivity index (χ0n) is 15.3. The molecule has 0 fully saturated rings. The van der Waals surface area contributed by atoms with Gasteiger partial charge in [0.2, 0.25) is 5.76 Å². The van der Waals surface area contributed by atoms with Crippen molar-refractivity contribution < 1.29 is 22.4 Å². The second kappa shape index (κ2) is 7.69. The Morgan fingerprint density at radius 1 is 1.29 bits per heavy atom. The van der Waals surface area contributed by atoms with Gasteiger partial charge >= 0.3 is 0 Å². The van der Waals surface area contributed by atoms with Crippen LogP contribution >= 0.6 is 11.6 Å². The lowest BCUT2D eigenvalue weighted by Crippen LogP contribution is -2.13. The van der Waals surface area contributed by atoms with Gasteiger partial charge in [0.15, 0.2) is 17.3 Å². The van der Waals surface area contributed by atoms with Crippen LogP contribution in [0.3, 0.4) is 0 Å². The zero-order valence-corrected chi connectivity index (χ0v) is 16.9. The maximum absolute atomic E-state index is 13.1. The van der Waals surface area contributed by atoms with Crippen molar-refractivity contribution in [2.75, 3.05) is 6.61 Å². The highest BCUT2D eigenvalue weighted by Crippen LogP contribution is 2.37. The molecule has 0 bridgehead atoms. The number of rotatable bonds is 7. The number of hydrogen-bond acceptors (Lipinski definition) is 5.